The van der Waals surface area contributed by atoms with E-state index in [0.29, 0.717) is 21.8 Å². The van der Waals surface area contributed by atoms with Gasteiger partial charge in [-0.2, -0.15) is 10.1 Å². The number of carboxylic acid groups (broad SMARTS) is 1. The molecule has 0 fully saturated rings. The van der Waals surface area contributed by atoms with E-state index in [9.17, 15) is 9.90 Å². The minimum atomic E-state index is -1.14. The fraction of sp³-hybridized carbons (Fsp3) is 0. The van der Waals surface area contributed by atoms with Crippen LogP contribution in [0, 0.1) is 0 Å². The first-order valence-corrected chi connectivity index (χ1v) is 10.2. The molecule has 0 radical (unpaired) electrons. The molecule has 0 bridgehead atoms. The first-order valence-electron chi connectivity index (χ1n) is 9.48. The summed E-state index contributed by atoms with van der Waals surface area (Å²) in [5, 5.41) is 14.1. The molecular weight excluding hydrogens is 451 g/mol. The summed E-state index contributed by atoms with van der Waals surface area (Å²) in [6, 6.07) is 18.0. The van der Waals surface area contributed by atoms with Gasteiger partial charge in [0.25, 0.3) is 6.01 Å². The maximum absolute atomic E-state index is 11.3. The van der Waals surface area contributed by atoms with Crippen LogP contribution in [-0.2, 0) is 0 Å². The van der Waals surface area contributed by atoms with Crippen LogP contribution >= 0.6 is 23.2 Å². The summed E-state index contributed by atoms with van der Waals surface area (Å²) in [7, 11) is 0. The van der Waals surface area contributed by atoms with Gasteiger partial charge in [0.15, 0.2) is 0 Å². The van der Waals surface area contributed by atoms with Crippen LogP contribution in [0.5, 0.6) is 11.8 Å². The van der Waals surface area contributed by atoms with Crippen LogP contribution in [0.25, 0.3) is 27.8 Å². The van der Waals surface area contributed by atoms with E-state index in [0.717, 1.165) is 16.8 Å². The molecular formula is C23H14Cl2N4O3. The molecule has 5 aromatic rings. The fourth-order valence-electron chi connectivity index (χ4n) is 3.34. The standard InChI is InChI=1S/C23H14Cl2N4O3/c24-18-7-6-15(10-17(18)22(30)31)32-23-27-20-11-16(19(25)12-21(20)28-23)13-2-4-14(5-3-13)29-9-1-8-26-29/h1-12H,(H,27,28)(H,30,31). The molecule has 2 N–H and O–H groups in total. The summed E-state index contributed by atoms with van der Waals surface area (Å²) in [5.74, 6) is -0.841. The van der Waals surface area contributed by atoms with Gasteiger partial charge in [-0.15, -0.1) is 0 Å². The number of imidazole rings is 1. The van der Waals surface area contributed by atoms with E-state index >= 15 is 0 Å². The van der Waals surface area contributed by atoms with Crippen LogP contribution in [0.4, 0.5) is 0 Å². The van der Waals surface area contributed by atoms with Gasteiger partial charge in [0.05, 0.1) is 32.3 Å². The molecule has 32 heavy (non-hydrogen) atoms. The van der Waals surface area contributed by atoms with Crippen molar-refractivity contribution in [3.63, 3.8) is 0 Å². The Balaban J connectivity index is 1.46. The highest BCUT2D eigenvalue weighted by atomic mass is 35.5. The number of aromatic amines is 1. The second-order valence-corrected chi connectivity index (χ2v) is 7.75. The van der Waals surface area contributed by atoms with E-state index in [1.165, 1.54) is 12.1 Å². The Hall–Kier alpha value is -3.81. The van der Waals surface area contributed by atoms with Crippen molar-refractivity contribution in [1.29, 1.82) is 0 Å². The maximum Gasteiger partial charge on any atom is 0.337 e. The highest BCUT2D eigenvalue weighted by Crippen LogP contribution is 2.34. The Morgan fingerprint density at radius 3 is 2.56 bits per heavy atom. The number of halogens is 2. The molecule has 0 aliphatic rings. The number of aromatic carboxylic acids is 1. The number of rotatable bonds is 5. The van der Waals surface area contributed by atoms with E-state index in [2.05, 4.69) is 15.1 Å². The van der Waals surface area contributed by atoms with Gasteiger partial charge in [-0.3, -0.25) is 0 Å². The van der Waals surface area contributed by atoms with Crippen LogP contribution in [-0.4, -0.2) is 30.8 Å². The molecule has 9 heteroatoms. The summed E-state index contributed by atoms with van der Waals surface area (Å²) in [4.78, 5) is 18.8. The predicted octanol–water partition coefficient (Wildman–Crippen LogP) is 6.21. The first-order chi connectivity index (χ1) is 15.5. The minimum Gasteiger partial charge on any atom is -0.478 e. The van der Waals surface area contributed by atoms with Crippen LogP contribution in [0.1, 0.15) is 10.4 Å². The third-order valence-corrected chi connectivity index (χ3v) is 5.52. The van der Waals surface area contributed by atoms with Gasteiger partial charge in [0.1, 0.15) is 5.75 Å². The Labute approximate surface area is 191 Å². The average molecular weight is 465 g/mol. The molecule has 2 heterocycles. The minimum absolute atomic E-state index is 0.0517. The SMILES string of the molecule is O=C(O)c1cc(Oc2nc3cc(-c4ccc(-n5cccn5)cc4)c(Cl)cc3[nH]2)ccc1Cl. The van der Waals surface area contributed by atoms with Crippen molar-refractivity contribution in [2.75, 3.05) is 0 Å². The molecule has 0 atom stereocenters. The number of benzene rings is 3. The number of nitrogens with zero attached hydrogens (tertiary/aromatic N) is 3. The molecule has 0 aliphatic heterocycles. The third kappa shape index (κ3) is 3.79. The number of ether oxygens (including phenoxy) is 1. The van der Waals surface area contributed by atoms with Gasteiger partial charge >= 0.3 is 5.97 Å². The number of H-pyrrole nitrogens is 1. The zero-order valence-electron chi connectivity index (χ0n) is 16.3. The highest BCUT2D eigenvalue weighted by molar-refractivity contribution is 6.34. The number of carbonyl (C=O) groups is 1. The summed E-state index contributed by atoms with van der Waals surface area (Å²) >= 11 is 12.4. The molecule has 3 aromatic carbocycles. The van der Waals surface area contributed by atoms with Crippen molar-refractivity contribution in [3.8, 4) is 28.6 Å². The lowest BCUT2D eigenvalue weighted by Crippen LogP contribution is -1.98. The third-order valence-electron chi connectivity index (χ3n) is 4.88. The summed E-state index contributed by atoms with van der Waals surface area (Å²) in [6.07, 6.45) is 3.60. The Morgan fingerprint density at radius 1 is 1.03 bits per heavy atom. The molecule has 158 valence electrons. The molecule has 0 unspecified atom stereocenters. The van der Waals surface area contributed by atoms with Crippen molar-refractivity contribution in [2.24, 2.45) is 0 Å². The van der Waals surface area contributed by atoms with Crippen LogP contribution in [0.15, 0.2) is 73.1 Å². The van der Waals surface area contributed by atoms with Gasteiger partial charge in [-0.05, 0) is 54.1 Å². The maximum atomic E-state index is 11.3. The molecule has 0 saturated carbocycles. The largest absolute Gasteiger partial charge is 0.478 e. The topological polar surface area (TPSA) is 93.0 Å². The van der Waals surface area contributed by atoms with Gasteiger partial charge in [0.2, 0.25) is 0 Å². The van der Waals surface area contributed by atoms with Crippen LogP contribution in [0.3, 0.4) is 0 Å². The quantitative estimate of drug-likeness (QED) is 0.322. The molecule has 5 rings (SSSR count). The van der Waals surface area contributed by atoms with E-state index in [1.54, 1.807) is 23.0 Å². The lowest BCUT2D eigenvalue weighted by Gasteiger charge is -2.07. The van der Waals surface area contributed by atoms with Gasteiger partial charge in [-0.25, -0.2) is 9.48 Å². The van der Waals surface area contributed by atoms with Crippen molar-refractivity contribution in [2.45, 2.75) is 0 Å². The molecule has 0 saturated heterocycles. The lowest BCUT2D eigenvalue weighted by molar-refractivity contribution is 0.0696. The van der Waals surface area contributed by atoms with E-state index in [4.69, 9.17) is 27.9 Å². The molecule has 0 amide bonds. The zero-order valence-corrected chi connectivity index (χ0v) is 17.8. The highest BCUT2D eigenvalue weighted by Gasteiger charge is 2.14. The number of aromatic nitrogens is 4. The first kappa shape index (κ1) is 20.1. The average Bonchev–Trinajstić information content (AvgIpc) is 3.44. The molecule has 0 aliphatic carbocycles. The Kier molecular flexibility index (Phi) is 5.05. The second kappa shape index (κ2) is 8.03. The van der Waals surface area contributed by atoms with E-state index in [-0.39, 0.29) is 16.6 Å². The number of hydrogen-bond donors (Lipinski definition) is 2. The Morgan fingerprint density at radius 2 is 1.84 bits per heavy atom. The Bertz CT molecular complexity index is 1440. The van der Waals surface area contributed by atoms with Crippen molar-refractivity contribution < 1.29 is 14.6 Å². The lowest BCUT2D eigenvalue weighted by atomic mass is 10.0. The van der Waals surface area contributed by atoms with Crippen molar-refractivity contribution >= 4 is 40.2 Å². The van der Waals surface area contributed by atoms with Crippen LogP contribution < -0.4 is 4.74 Å². The van der Waals surface area contributed by atoms with Gasteiger partial charge < -0.3 is 14.8 Å². The number of carboxylic acids is 1. The summed E-state index contributed by atoms with van der Waals surface area (Å²) in [5.41, 5.74) is 3.99. The fourth-order valence-corrected chi connectivity index (χ4v) is 3.81. The smallest absolute Gasteiger partial charge is 0.337 e. The van der Waals surface area contributed by atoms with Crippen molar-refractivity contribution in [3.05, 3.63) is 88.7 Å². The molecule has 7 nitrogen and oxygen atoms in total. The predicted molar refractivity (Wildman–Crippen MR) is 122 cm³/mol. The van der Waals surface area contributed by atoms with Crippen molar-refractivity contribution in [1.82, 2.24) is 19.7 Å². The molecule has 2 aromatic heterocycles. The van der Waals surface area contributed by atoms with E-state index in [1.807, 2.05) is 42.6 Å². The van der Waals surface area contributed by atoms with Gasteiger partial charge in [0, 0.05) is 18.0 Å². The molecule has 0 spiro atoms. The number of nitrogens with one attached hydrogen (secondary N) is 1. The summed E-state index contributed by atoms with van der Waals surface area (Å²) < 4.78 is 7.49. The van der Waals surface area contributed by atoms with E-state index < -0.39 is 5.97 Å². The van der Waals surface area contributed by atoms with Crippen LogP contribution in [0.2, 0.25) is 10.0 Å². The monoisotopic (exact) mass is 464 g/mol. The van der Waals surface area contributed by atoms with Gasteiger partial charge in [-0.1, -0.05) is 35.3 Å². The summed E-state index contributed by atoms with van der Waals surface area (Å²) in [6.45, 7) is 0. The zero-order chi connectivity index (χ0) is 22.2. The number of hydrogen-bond acceptors (Lipinski definition) is 4. The normalized spacial score (nSPS) is 11.1. The number of fused-ring (bicyclic) bond motifs is 1. The second-order valence-electron chi connectivity index (χ2n) is 6.94.